The minimum atomic E-state index is 0.707. The van der Waals surface area contributed by atoms with Crippen molar-refractivity contribution in [1.29, 1.82) is 0 Å². The molecule has 2 aromatic rings. The average molecular weight is 321 g/mol. The van der Waals surface area contributed by atoms with Crippen molar-refractivity contribution < 1.29 is 4.74 Å². The Bertz CT molecular complexity index is 600. The summed E-state index contributed by atoms with van der Waals surface area (Å²) in [5.74, 6) is 0.710. The van der Waals surface area contributed by atoms with Gasteiger partial charge in [0.25, 0.3) is 0 Å². The van der Waals surface area contributed by atoms with Gasteiger partial charge >= 0.3 is 0 Å². The third kappa shape index (κ3) is 5.63. The van der Waals surface area contributed by atoms with Gasteiger partial charge in [0.05, 0.1) is 6.61 Å². The lowest BCUT2D eigenvalue weighted by molar-refractivity contribution is 0.0801. The van der Waals surface area contributed by atoms with Gasteiger partial charge in [-0.05, 0) is 43.0 Å². The van der Waals surface area contributed by atoms with Gasteiger partial charge in [-0.2, -0.15) is 0 Å². The number of likely N-dealkylation sites (tertiary alicyclic amines) is 1. The van der Waals surface area contributed by atoms with Crippen molar-refractivity contribution >= 4 is 6.08 Å². The van der Waals surface area contributed by atoms with Crippen LogP contribution in [0.4, 0.5) is 0 Å². The van der Waals surface area contributed by atoms with Crippen LogP contribution >= 0.6 is 0 Å². The van der Waals surface area contributed by atoms with Gasteiger partial charge in [0, 0.05) is 13.2 Å². The maximum Gasteiger partial charge on any atom is 0.0650 e. The first-order valence-corrected chi connectivity index (χ1v) is 8.96. The number of benzene rings is 2. The van der Waals surface area contributed by atoms with E-state index < -0.39 is 0 Å². The predicted molar refractivity (Wildman–Crippen MR) is 101 cm³/mol. The molecule has 0 atom stereocenters. The van der Waals surface area contributed by atoms with Gasteiger partial charge in [0.15, 0.2) is 0 Å². The fraction of sp³-hybridized carbons (Fsp3) is 0.364. The van der Waals surface area contributed by atoms with Crippen LogP contribution in [-0.4, -0.2) is 31.2 Å². The molecular weight excluding hydrogens is 294 g/mol. The van der Waals surface area contributed by atoms with Crippen LogP contribution in [0.1, 0.15) is 24.0 Å². The average Bonchev–Trinajstić information content (AvgIpc) is 2.65. The molecule has 1 saturated heterocycles. The molecule has 0 spiro atoms. The molecule has 1 heterocycles. The van der Waals surface area contributed by atoms with E-state index in [1.807, 2.05) is 6.07 Å². The van der Waals surface area contributed by atoms with E-state index >= 15 is 0 Å². The third-order valence-electron chi connectivity index (χ3n) is 4.63. The molecule has 0 N–H and O–H groups in total. The Morgan fingerprint density at radius 1 is 0.917 bits per heavy atom. The fourth-order valence-electron chi connectivity index (χ4n) is 3.20. The van der Waals surface area contributed by atoms with Gasteiger partial charge in [0.2, 0.25) is 0 Å². The highest BCUT2D eigenvalue weighted by molar-refractivity contribution is 5.48. The van der Waals surface area contributed by atoms with Gasteiger partial charge in [-0.15, -0.1) is 0 Å². The molecule has 3 rings (SSSR count). The molecule has 2 aromatic carbocycles. The van der Waals surface area contributed by atoms with Crippen molar-refractivity contribution in [2.75, 3.05) is 26.3 Å². The smallest absolute Gasteiger partial charge is 0.0650 e. The third-order valence-corrected chi connectivity index (χ3v) is 4.63. The Labute approximate surface area is 145 Å². The number of hydrogen-bond donors (Lipinski definition) is 0. The minimum absolute atomic E-state index is 0.707. The number of nitrogens with zero attached hydrogens (tertiary/aromatic N) is 1. The van der Waals surface area contributed by atoms with Crippen LogP contribution in [0.15, 0.2) is 66.7 Å². The van der Waals surface area contributed by atoms with Crippen molar-refractivity contribution in [3.63, 3.8) is 0 Å². The normalized spacial score (nSPS) is 16.7. The molecule has 1 aliphatic heterocycles. The molecule has 1 fully saturated rings. The first kappa shape index (κ1) is 16.9. The molecular formula is C22H27NO. The molecule has 0 saturated carbocycles. The van der Waals surface area contributed by atoms with E-state index in [0.29, 0.717) is 12.5 Å². The topological polar surface area (TPSA) is 12.5 Å². The zero-order chi connectivity index (χ0) is 16.5. The lowest BCUT2D eigenvalue weighted by Gasteiger charge is -2.31. The van der Waals surface area contributed by atoms with Crippen LogP contribution in [0.25, 0.3) is 6.08 Å². The SMILES string of the molecule is C(=C/c1ccccc1)/COCC1CCN(Cc2ccccc2)CC1. The van der Waals surface area contributed by atoms with E-state index in [9.17, 15) is 0 Å². The van der Waals surface area contributed by atoms with Crippen molar-refractivity contribution in [2.45, 2.75) is 19.4 Å². The van der Waals surface area contributed by atoms with Crippen molar-refractivity contribution in [1.82, 2.24) is 4.90 Å². The number of rotatable bonds is 7. The molecule has 0 unspecified atom stereocenters. The van der Waals surface area contributed by atoms with Crippen LogP contribution in [0.2, 0.25) is 0 Å². The molecule has 126 valence electrons. The number of piperidine rings is 1. The van der Waals surface area contributed by atoms with Crippen LogP contribution in [0, 0.1) is 5.92 Å². The second kappa shape index (κ2) is 9.41. The summed E-state index contributed by atoms with van der Waals surface area (Å²) in [6, 6.07) is 21.1. The van der Waals surface area contributed by atoms with E-state index in [0.717, 1.165) is 13.2 Å². The van der Waals surface area contributed by atoms with Gasteiger partial charge in [-0.25, -0.2) is 0 Å². The Hall–Kier alpha value is -1.90. The summed E-state index contributed by atoms with van der Waals surface area (Å²) in [5.41, 5.74) is 2.65. The van der Waals surface area contributed by atoms with Crippen LogP contribution in [0.3, 0.4) is 0 Å². The lowest BCUT2D eigenvalue weighted by atomic mass is 9.97. The van der Waals surface area contributed by atoms with Crippen LogP contribution < -0.4 is 0 Å². The number of hydrogen-bond acceptors (Lipinski definition) is 2. The Kier molecular flexibility index (Phi) is 6.64. The van der Waals surface area contributed by atoms with Gasteiger partial charge in [0.1, 0.15) is 0 Å². The first-order chi connectivity index (χ1) is 11.9. The molecule has 0 radical (unpaired) electrons. The zero-order valence-electron chi connectivity index (χ0n) is 14.3. The van der Waals surface area contributed by atoms with Crippen molar-refractivity contribution in [3.05, 3.63) is 77.9 Å². The van der Waals surface area contributed by atoms with Gasteiger partial charge < -0.3 is 4.74 Å². The molecule has 2 heteroatoms. The van der Waals surface area contributed by atoms with Gasteiger partial charge in [-0.3, -0.25) is 4.90 Å². The largest absolute Gasteiger partial charge is 0.377 e. The monoisotopic (exact) mass is 321 g/mol. The minimum Gasteiger partial charge on any atom is -0.377 e. The van der Waals surface area contributed by atoms with E-state index in [1.165, 1.54) is 37.1 Å². The Morgan fingerprint density at radius 3 is 2.29 bits per heavy atom. The second-order valence-electron chi connectivity index (χ2n) is 6.56. The highest BCUT2D eigenvalue weighted by Crippen LogP contribution is 2.19. The van der Waals surface area contributed by atoms with E-state index in [4.69, 9.17) is 4.74 Å². The molecule has 24 heavy (non-hydrogen) atoms. The highest BCUT2D eigenvalue weighted by atomic mass is 16.5. The number of ether oxygens (including phenoxy) is 1. The van der Waals surface area contributed by atoms with E-state index in [2.05, 4.69) is 71.6 Å². The van der Waals surface area contributed by atoms with Crippen LogP contribution in [0.5, 0.6) is 0 Å². The summed E-state index contributed by atoms with van der Waals surface area (Å²) in [6.45, 7) is 5.04. The van der Waals surface area contributed by atoms with Crippen molar-refractivity contribution in [2.24, 2.45) is 5.92 Å². The fourth-order valence-corrected chi connectivity index (χ4v) is 3.20. The summed E-state index contributed by atoms with van der Waals surface area (Å²) < 4.78 is 5.84. The van der Waals surface area contributed by atoms with Gasteiger partial charge in [-0.1, -0.05) is 72.8 Å². The van der Waals surface area contributed by atoms with Crippen LogP contribution in [-0.2, 0) is 11.3 Å². The Morgan fingerprint density at radius 2 is 1.58 bits per heavy atom. The molecule has 0 bridgehead atoms. The van der Waals surface area contributed by atoms with E-state index in [1.54, 1.807) is 0 Å². The maximum atomic E-state index is 5.84. The van der Waals surface area contributed by atoms with Crippen molar-refractivity contribution in [3.8, 4) is 0 Å². The molecule has 2 nitrogen and oxygen atoms in total. The summed E-state index contributed by atoms with van der Waals surface area (Å²) in [4.78, 5) is 2.56. The van der Waals surface area contributed by atoms with E-state index in [-0.39, 0.29) is 0 Å². The Balaban J connectivity index is 1.30. The molecule has 1 aliphatic rings. The molecule has 0 aromatic heterocycles. The standard InChI is InChI=1S/C22H27NO/c1-3-8-20(9-4-1)12-7-17-24-19-22-13-15-23(16-14-22)18-21-10-5-2-6-11-21/h1-12,22H,13-19H2/b12-7-. The summed E-state index contributed by atoms with van der Waals surface area (Å²) in [6.07, 6.45) is 6.73. The molecule has 0 aliphatic carbocycles. The molecule has 0 amide bonds. The first-order valence-electron chi connectivity index (χ1n) is 8.96. The zero-order valence-corrected chi connectivity index (χ0v) is 14.3. The predicted octanol–water partition coefficient (Wildman–Crippen LogP) is 4.63. The second-order valence-corrected chi connectivity index (χ2v) is 6.56. The summed E-state index contributed by atoms with van der Waals surface area (Å²) in [5, 5.41) is 0. The summed E-state index contributed by atoms with van der Waals surface area (Å²) >= 11 is 0. The summed E-state index contributed by atoms with van der Waals surface area (Å²) in [7, 11) is 0. The maximum absolute atomic E-state index is 5.84. The lowest BCUT2D eigenvalue weighted by Crippen LogP contribution is -2.34. The highest BCUT2D eigenvalue weighted by Gasteiger charge is 2.19. The quantitative estimate of drug-likeness (QED) is 0.690.